The highest BCUT2D eigenvalue weighted by Crippen LogP contribution is 2.34. The summed E-state index contributed by atoms with van der Waals surface area (Å²) < 4.78 is 1.08. The van der Waals surface area contributed by atoms with Crippen LogP contribution >= 0.6 is 0 Å². The van der Waals surface area contributed by atoms with Crippen molar-refractivity contribution in [3.8, 4) is 0 Å². The van der Waals surface area contributed by atoms with Crippen LogP contribution in [0, 0.1) is 17.8 Å². The van der Waals surface area contributed by atoms with E-state index in [-0.39, 0.29) is 30.6 Å². The number of imide groups is 1. The van der Waals surface area contributed by atoms with E-state index in [0.29, 0.717) is 41.4 Å². The van der Waals surface area contributed by atoms with Crippen LogP contribution in [-0.2, 0) is 20.8 Å². The summed E-state index contributed by atoms with van der Waals surface area (Å²) in [6.45, 7) is 6.01. The topological polar surface area (TPSA) is 164 Å². The zero-order valence-electron chi connectivity index (χ0n) is 25.6. The number of nitrogens with two attached hydrogens (primary N) is 1. The van der Waals surface area contributed by atoms with Crippen LogP contribution in [0.15, 0.2) is 47.3 Å². The number of nitrogens with zero attached hydrogens (tertiary/aromatic N) is 6. The van der Waals surface area contributed by atoms with Crippen molar-refractivity contribution in [2.75, 3.05) is 50.7 Å². The average Bonchev–Trinajstić information content (AvgIpc) is 3.64. The maximum atomic E-state index is 13.5. The molecule has 0 saturated carbocycles. The molecule has 0 aliphatic carbocycles. The fraction of sp³-hybridized carbons (Fsp3) is 0.485. The van der Waals surface area contributed by atoms with Crippen molar-refractivity contribution in [2.24, 2.45) is 23.5 Å². The van der Waals surface area contributed by atoms with Crippen LogP contribution < -0.4 is 21.5 Å². The number of piperidine rings is 2. The molecule has 4 saturated heterocycles. The SMILES string of the molecule is NC(=O)c1ccc(CCN2CC3CN(C(=O)C4CCN(c5ccc6nnn(C7CCC(=O)NC7=O)c(=O)c6c5)CC4)CC3C2)cc1. The van der Waals surface area contributed by atoms with Crippen molar-refractivity contribution < 1.29 is 19.2 Å². The lowest BCUT2D eigenvalue weighted by atomic mass is 9.94. The molecule has 4 fully saturated rings. The number of aromatic nitrogens is 3. The number of nitrogens with one attached hydrogen (secondary N) is 1. The molecule has 1 aromatic heterocycles. The first-order chi connectivity index (χ1) is 22.2. The largest absolute Gasteiger partial charge is 0.371 e. The molecule has 46 heavy (non-hydrogen) atoms. The van der Waals surface area contributed by atoms with Gasteiger partial charge in [-0.3, -0.25) is 29.3 Å². The Morgan fingerprint density at radius 2 is 1.63 bits per heavy atom. The number of carbonyl (C=O) groups is 4. The first-order valence-electron chi connectivity index (χ1n) is 16.1. The number of rotatable bonds is 7. The van der Waals surface area contributed by atoms with Gasteiger partial charge in [-0.15, -0.1) is 5.10 Å². The van der Waals surface area contributed by atoms with Gasteiger partial charge < -0.3 is 20.4 Å². The molecule has 0 radical (unpaired) electrons. The monoisotopic (exact) mass is 626 g/mol. The molecule has 240 valence electrons. The van der Waals surface area contributed by atoms with Crippen molar-refractivity contribution in [1.29, 1.82) is 0 Å². The molecule has 13 nitrogen and oxygen atoms in total. The van der Waals surface area contributed by atoms with Crippen LogP contribution in [0.5, 0.6) is 0 Å². The van der Waals surface area contributed by atoms with E-state index in [2.05, 4.69) is 30.3 Å². The lowest BCUT2D eigenvalue weighted by Gasteiger charge is -2.35. The second-order valence-electron chi connectivity index (χ2n) is 13.1. The Labute approximate surface area is 265 Å². The summed E-state index contributed by atoms with van der Waals surface area (Å²) in [5, 5.41) is 10.8. The van der Waals surface area contributed by atoms with Gasteiger partial charge in [0.2, 0.25) is 17.7 Å². The summed E-state index contributed by atoms with van der Waals surface area (Å²) in [5.74, 6) is -0.0468. The van der Waals surface area contributed by atoms with Crippen molar-refractivity contribution in [3.05, 3.63) is 63.9 Å². The van der Waals surface area contributed by atoms with Gasteiger partial charge in [0.25, 0.3) is 11.5 Å². The van der Waals surface area contributed by atoms with Gasteiger partial charge in [-0.25, -0.2) is 0 Å². The molecule has 3 atom stereocenters. The molecule has 0 bridgehead atoms. The molecule has 4 aliphatic rings. The zero-order chi connectivity index (χ0) is 31.9. The second-order valence-corrected chi connectivity index (χ2v) is 13.1. The smallest absolute Gasteiger partial charge is 0.278 e. The first kappa shape index (κ1) is 30.0. The first-order valence-corrected chi connectivity index (χ1v) is 16.1. The van der Waals surface area contributed by atoms with Gasteiger partial charge in [0, 0.05) is 69.4 Å². The van der Waals surface area contributed by atoms with Gasteiger partial charge in [0.1, 0.15) is 11.6 Å². The van der Waals surface area contributed by atoms with Crippen LogP contribution in [0.25, 0.3) is 10.9 Å². The second kappa shape index (κ2) is 12.3. The van der Waals surface area contributed by atoms with E-state index in [1.54, 1.807) is 24.3 Å². The molecular weight excluding hydrogens is 588 g/mol. The quantitative estimate of drug-likeness (QED) is 0.360. The number of carbonyl (C=O) groups excluding carboxylic acids is 4. The predicted molar refractivity (Wildman–Crippen MR) is 169 cm³/mol. The molecule has 3 unspecified atom stereocenters. The van der Waals surface area contributed by atoms with Gasteiger partial charge in [-0.05, 0) is 73.4 Å². The molecule has 3 aromatic rings. The highest BCUT2D eigenvalue weighted by atomic mass is 16.2. The van der Waals surface area contributed by atoms with Gasteiger partial charge in [0.15, 0.2) is 0 Å². The minimum atomic E-state index is -0.866. The Kier molecular flexibility index (Phi) is 8.01. The van der Waals surface area contributed by atoms with Crippen LogP contribution in [0.3, 0.4) is 0 Å². The number of hydrogen-bond acceptors (Lipinski definition) is 9. The summed E-state index contributed by atoms with van der Waals surface area (Å²) >= 11 is 0. The molecular formula is C33H38N8O5. The van der Waals surface area contributed by atoms with E-state index in [1.165, 1.54) is 5.56 Å². The average molecular weight is 627 g/mol. The van der Waals surface area contributed by atoms with Gasteiger partial charge in [-0.1, -0.05) is 17.3 Å². The number of likely N-dealkylation sites (tertiary alicyclic amines) is 2. The highest BCUT2D eigenvalue weighted by molar-refractivity contribution is 5.99. The molecule has 4 aliphatic heterocycles. The maximum Gasteiger partial charge on any atom is 0.278 e. The number of benzene rings is 2. The molecule has 5 heterocycles. The minimum absolute atomic E-state index is 0.00868. The number of primary amides is 1. The highest BCUT2D eigenvalue weighted by Gasteiger charge is 2.43. The fourth-order valence-electron chi connectivity index (χ4n) is 7.58. The summed E-state index contributed by atoms with van der Waals surface area (Å²) in [6.07, 6.45) is 2.76. The van der Waals surface area contributed by atoms with Crippen LogP contribution in [0.2, 0.25) is 0 Å². The Bertz CT molecular complexity index is 1730. The van der Waals surface area contributed by atoms with Gasteiger partial charge >= 0.3 is 0 Å². The Hall–Kier alpha value is -4.65. The van der Waals surface area contributed by atoms with Crippen LogP contribution in [0.1, 0.15) is 47.6 Å². The van der Waals surface area contributed by atoms with E-state index >= 15 is 0 Å². The Morgan fingerprint density at radius 3 is 2.30 bits per heavy atom. The van der Waals surface area contributed by atoms with Gasteiger partial charge in [-0.2, -0.15) is 4.68 Å². The summed E-state index contributed by atoms with van der Waals surface area (Å²) in [6, 6.07) is 12.1. The third kappa shape index (κ3) is 5.86. The fourth-order valence-corrected chi connectivity index (χ4v) is 7.58. The number of anilines is 1. The molecule has 0 spiro atoms. The van der Waals surface area contributed by atoms with E-state index in [9.17, 15) is 24.0 Å². The molecule has 2 aromatic carbocycles. The van der Waals surface area contributed by atoms with E-state index in [1.807, 2.05) is 18.2 Å². The van der Waals surface area contributed by atoms with E-state index in [0.717, 1.165) is 62.4 Å². The third-order valence-corrected chi connectivity index (χ3v) is 10.2. The minimum Gasteiger partial charge on any atom is -0.371 e. The van der Waals surface area contributed by atoms with Gasteiger partial charge in [0.05, 0.1) is 5.39 Å². The molecule has 13 heteroatoms. The Balaban J connectivity index is 0.917. The lowest BCUT2D eigenvalue weighted by Crippen LogP contribution is -2.45. The lowest BCUT2D eigenvalue weighted by molar-refractivity contribution is -0.136. The normalized spacial score (nSPS) is 24.0. The molecule has 4 amide bonds. The Morgan fingerprint density at radius 1 is 0.913 bits per heavy atom. The standard InChI is InChI=1S/C33H38N8O5/c34-30(43)21-3-1-20(2-4-21)9-12-38-16-23-18-40(19-24(23)17-38)32(45)22-10-13-39(14-11-22)25-5-6-27-26(15-25)33(46)41(37-36-27)28-7-8-29(42)35-31(28)44/h1-6,15,22-24,28H,7-14,16-19H2,(H2,34,43)(H,35,42,44). The maximum absolute atomic E-state index is 13.5. The number of hydrogen-bond donors (Lipinski definition) is 2. The summed E-state index contributed by atoms with van der Waals surface area (Å²) in [7, 11) is 0. The zero-order valence-corrected chi connectivity index (χ0v) is 25.6. The third-order valence-electron chi connectivity index (χ3n) is 10.2. The predicted octanol–water partition coefficient (Wildman–Crippen LogP) is 0.717. The van der Waals surface area contributed by atoms with Crippen molar-refractivity contribution >= 4 is 40.2 Å². The van der Waals surface area contributed by atoms with Crippen molar-refractivity contribution in [1.82, 2.24) is 30.1 Å². The van der Waals surface area contributed by atoms with Crippen molar-refractivity contribution in [3.63, 3.8) is 0 Å². The number of amides is 4. The van der Waals surface area contributed by atoms with Crippen LogP contribution in [0.4, 0.5) is 5.69 Å². The van der Waals surface area contributed by atoms with E-state index in [4.69, 9.17) is 5.73 Å². The van der Waals surface area contributed by atoms with Crippen molar-refractivity contribution in [2.45, 2.75) is 38.1 Å². The molecule has 3 N–H and O–H groups in total. The van der Waals surface area contributed by atoms with E-state index < -0.39 is 23.4 Å². The molecule has 7 rings (SSSR count). The number of fused-ring (bicyclic) bond motifs is 2. The summed E-state index contributed by atoms with van der Waals surface area (Å²) in [4.78, 5) is 68.8. The van der Waals surface area contributed by atoms with Crippen LogP contribution in [-0.4, -0.2) is 94.2 Å². The summed E-state index contributed by atoms with van der Waals surface area (Å²) in [5.41, 5.74) is 7.96.